The first-order chi connectivity index (χ1) is 9.97. The number of rotatable bonds is 5. The number of ether oxygens (including phenoxy) is 1. The molecule has 0 radical (unpaired) electrons. The number of likely N-dealkylation sites (N-methyl/N-ethyl adjacent to an activating group) is 1. The Balaban J connectivity index is 2.02. The number of carbonyl (C=O) groups is 1. The van der Waals surface area contributed by atoms with E-state index in [0.29, 0.717) is 18.7 Å². The molecular weight excluding hydrogens is 266 g/mol. The van der Waals surface area contributed by atoms with E-state index in [2.05, 4.69) is 36.0 Å². The molecule has 1 saturated heterocycles. The molecule has 1 saturated carbocycles. The van der Waals surface area contributed by atoms with Gasteiger partial charge in [-0.1, -0.05) is 0 Å². The number of hydrogen-bond donors (Lipinski definition) is 1. The minimum Gasteiger partial charge on any atom is -0.465 e. The fourth-order valence-electron chi connectivity index (χ4n) is 3.72. The van der Waals surface area contributed by atoms with E-state index in [0.717, 1.165) is 45.4 Å². The van der Waals surface area contributed by atoms with Crippen LogP contribution in [-0.2, 0) is 9.53 Å². The molecule has 2 rings (SSSR count). The van der Waals surface area contributed by atoms with Crippen LogP contribution in [0.4, 0.5) is 0 Å². The van der Waals surface area contributed by atoms with Gasteiger partial charge in [-0.05, 0) is 47.1 Å². The van der Waals surface area contributed by atoms with E-state index in [-0.39, 0.29) is 5.97 Å². The molecule has 1 N–H and O–H groups in total. The monoisotopic (exact) mass is 297 g/mol. The van der Waals surface area contributed by atoms with Gasteiger partial charge in [0.15, 0.2) is 0 Å². The first kappa shape index (κ1) is 16.7. The van der Waals surface area contributed by atoms with Gasteiger partial charge in [-0.25, -0.2) is 0 Å². The van der Waals surface area contributed by atoms with Crippen LogP contribution in [0.3, 0.4) is 0 Å². The third-order valence-electron chi connectivity index (χ3n) is 4.77. The number of nitrogens with one attached hydrogen (secondary N) is 1. The van der Waals surface area contributed by atoms with Crippen molar-refractivity contribution in [1.82, 2.24) is 15.1 Å². The van der Waals surface area contributed by atoms with Crippen molar-refractivity contribution in [2.75, 3.05) is 39.8 Å². The number of hydrogen-bond acceptors (Lipinski definition) is 5. The molecule has 2 aliphatic rings. The van der Waals surface area contributed by atoms with Crippen molar-refractivity contribution in [3.63, 3.8) is 0 Å². The topological polar surface area (TPSA) is 44.8 Å². The Morgan fingerprint density at radius 2 is 2.00 bits per heavy atom. The predicted octanol–water partition coefficient (Wildman–Crippen LogP) is 1.09. The van der Waals surface area contributed by atoms with Crippen LogP contribution < -0.4 is 5.32 Å². The largest absolute Gasteiger partial charge is 0.465 e. The van der Waals surface area contributed by atoms with Gasteiger partial charge in [0.2, 0.25) is 0 Å². The normalized spacial score (nSPS) is 31.8. The Labute approximate surface area is 129 Å². The zero-order valence-electron chi connectivity index (χ0n) is 14.0. The highest BCUT2D eigenvalue weighted by atomic mass is 16.5. The molecular formula is C16H31N3O2. The fraction of sp³-hybridized carbons (Fsp3) is 0.938. The Morgan fingerprint density at radius 3 is 2.57 bits per heavy atom. The molecule has 1 aliphatic heterocycles. The maximum absolute atomic E-state index is 12.5. The molecule has 2 atom stereocenters. The van der Waals surface area contributed by atoms with Crippen molar-refractivity contribution in [2.24, 2.45) is 0 Å². The van der Waals surface area contributed by atoms with Crippen LogP contribution in [0, 0.1) is 0 Å². The maximum Gasteiger partial charge on any atom is 0.326 e. The zero-order chi connectivity index (χ0) is 15.5. The Bertz CT molecular complexity index is 353. The van der Waals surface area contributed by atoms with E-state index in [1.165, 1.54) is 0 Å². The second-order valence-corrected chi connectivity index (χ2v) is 6.84. The molecule has 1 aliphatic carbocycles. The van der Waals surface area contributed by atoms with Crippen LogP contribution >= 0.6 is 0 Å². The number of carbonyl (C=O) groups excluding carboxylic acids is 1. The minimum absolute atomic E-state index is 0.0599. The van der Waals surface area contributed by atoms with Crippen molar-refractivity contribution in [2.45, 2.75) is 57.7 Å². The summed E-state index contributed by atoms with van der Waals surface area (Å²) in [6, 6.07) is 0.801. The van der Waals surface area contributed by atoms with Gasteiger partial charge in [0.25, 0.3) is 0 Å². The molecule has 2 unspecified atom stereocenters. The summed E-state index contributed by atoms with van der Waals surface area (Å²) in [6.45, 7) is 11.0. The average molecular weight is 297 g/mol. The lowest BCUT2D eigenvalue weighted by Gasteiger charge is -2.37. The van der Waals surface area contributed by atoms with Crippen molar-refractivity contribution >= 4 is 5.97 Å². The zero-order valence-corrected chi connectivity index (χ0v) is 14.0. The molecule has 0 bridgehead atoms. The van der Waals surface area contributed by atoms with E-state index in [4.69, 9.17) is 4.74 Å². The highest BCUT2D eigenvalue weighted by Gasteiger charge is 2.48. The third kappa shape index (κ3) is 3.96. The lowest BCUT2D eigenvalue weighted by molar-refractivity contribution is -0.151. The molecule has 0 aromatic rings. The second kappa shape index (κ2) is 7.07. The number of esters is 1. The lowest BCUT2D eigenvalue weighted by Crippen LogP contribution is -2.55. The smallest absolute Gasteiger partial charge is 0.326 e. The van der Waals surface area contributed by atoms with Crippen molar-refractivity contribution in [3.8, 4) is 0 Å². The van der Waals surface area contributed by atoms with Crippen LogP contribution in [0.25, 0.3) is 0 Å². The standard InChI is InChI=1S/C16H31N3O2/c1-5-21-15(20)16(17-13(2)3)7-6-14(12-16)19-10-8-18(4)9-11-19/h13-14,17H,5-12H2,1-4H3. The van der Waals surface area contributed by atoms with Crippen molar-refractivity contribution in [3.05, 3.63) is 0 Å². The van der Waals surface area contributed by atoms with E-state index < -0.39 is 5.54 Å². The van der Waals surface area contributed by atoms with Gasteiger partial charge in [0, 0.05) is 38.3 Å². The van der Waals surface area contributed by atoms with E-state index in [1.807, 2.05) is 6.92 Å². The molecule has 21 heavy (non-hydrogen) atoms. The van der Waals surface area contributed by atoms with Gasteiger partial charge in [-0.15, -0.1) is 0 Å². The van der Waals surface area contributed by atoms with Gasteiger partial charge in [-0.2, -0.15) is 0 Å². The average Bonchev–Trinajstić information content (AvgIpc) is 2.84. The second-order valence-electron chi connectivity index (χ2n) is 6.84. The lowest BCUT2D eigenvalue weighted by atomic mass is 9.96. The number of nitrogens with zero attached hydrogens (tertiary/aromatic N) is 2. The summed E-state index contributed by atoms with van der Waals surface area (Å²) in [6.07, 6.45) is 2.86. The molecule has 0 amide bonds. The summed E-state index contributed by atoms with van der Waals surface area (Å²) in [7, 11) is 2.18. The molecule has 0 aromatic carbocycles. The van der Waals surface area contributed by atoms with Crippen LogP contribution in [0.5, 0.6) is 0 Å². The predicted molar refractivity (Wildman–Crippen MR) is 84.3 cm³/mol. The van der Waals surface area contributed by atoms with E-state index >= 15 is 0 Å². The summed E-state index contributed by atoms with van der Waals surface area (Å²) < 4.78 is 5.35. The van der Waals surface area contributed by atoms with Crippen LogP contribution in [0.2, 0.25) is 0 Å². The third-order valence-corrected chi connectivity index (χ3v) is 4.77. The Kier molecular flexibility index (Phi) is 5.63. The summed E-state index contributed by atoms with van der Waals surface area (Å²) in [5.74, 6) is -0.0599. The first-order valence-corrected chi connectivity index (χ1v) is 8.34. The fourth-order valence-corrected chi connectivity index (χ4v) is 3.72. The maximum atomic E-state index is 12.5. The highest BCUT2D eigenvalue weighted by molar-refractivity contribution is 5.81. The first-order valence-electron chi connectivity index (χ1n) is 8.34. The molecule has 0 aromatic heterocycles. The van der Waals surface area contributed by atoms with Gasteiger partial charge in [0.05, 0.1) is 6.61 Å². The van der Waals surface area contributed by atoms with Crippen LogP contribution in [0.1, 0.15) is 40.0 Å². The van der Waals surface area contributed by atoms with E-state index in [9.17, 15) is 4.79 Å². The van der Waals surface area contributed by atoms with Crippen molar-refractivity contribution < 1.29 is 9.53 Å². The highest BCUT2D eigenvalue weighted by Crippen LogP contribution is 2.35. The molecule has 1 heterocycles. The Hall–Kier alpha value is -0.650. The van der Waals surface area contributed by atoms with Crippen molar-refractivity contribution in [1.29, 1.82) is 0 Å². The molecule has 2 fully saturated rings. The quantitative estimate of drug-likeness (QED) is 0.770. The molecule has 5 nitrogen and oxygen atoms in total. The number of piperazine rings is 1. The Morgan fingerprint density at radius 1 is 1.33 bits per heavy atom. The van der Waals surface area contributed by atoms with Gasteiger partial charge < -0.3 is 9.64 Å². The molecule has 5 heteroatoms. The van der Waals surface area contributed by atoms with Crippen LogP contribution in [0.15, 0.2) is 0 Å². The summed E-state index contributed by atoms with van der Waals surface area (Å²) >= 11 is 0. The SMILES string of the molecule is CCOC(=O)C1(NC(C)C)CCC(N2CCN(C)CC2)C1. The van der Waals surface area contributed by atoms with Crippen LogP contribution in [-0.4, -0.2) is 73.2 Å². The van der Waals surface area contributed by atoms with E-state index in [1.54, 1.807) is 0 Å². The summed E-state index contributed by atoms with van der Waals surface area (Å²) in [5.41, 5.74) is -0.474. The van der Waals surface area contributed by atoms with Gasteiger partial charge in [0.1, 0.15) is 5.54 Å². The minimum atomic E-state index is -0.474. The molecule has 122 valence electrons. The molecule has 0 spiro atoms. The van der Waals surface area contributed by atoms with Gasteiger partial charge in [-0.3, -0.25) is 15.0 Å². The summed E-state index contributed by atoms with van der Waals surface area (Å²) in [4.78, 5) is 17.4. The summed E-state index contributed by atoms with van der Waals surface area (Å²) in [5, 5.41) is 3.51. The van der Waals surface area contributed by atoms with Gasteiger partial charge >= 0.3 is 5.97 Å².